The van der Waals surface area contributed by atoms with E-state index in [1.165, 1.54) is 66.1 Å². The molecular weight excluding hydrogens is 1890 g/mol. The first kappa shape index (κ1) is 102. The lowest BCUT2D eigenvalue weighted by molar-refractivity contribution is -0.137. The third kappa shape index (κ3) is 20.2. The molecule has 20 unspecified atom stereocenters. The Bertz CT molecular complexity index is 6120. The van der Waals surface area contributed by atoms with E-state index in [0.717, 1.165) is 142 Å². The van der Waals surface area contributed by atoms with Crippen molar-refractivity contribution in [2.75, 3.05) is 39.8 Å². The minimum absolute atomic E-state index is 0.0425. The maximum absolute atomic E-state index is 13.6. The molecule has 0 radical (unpaired) electrons. The minimum atomic E-state index is -0.687. The van der Waals surface area contributed by atoms with E-state index >= 15 is 0 Å². The molecule has 10 aromatic rings. The molecule has 722 valence electrons. The number of nitrogens with zero attached hydrogens (tertiary/aromatic N) is 2. The number of methoxy groups -OCH3 is 1. The molecule has 20 rings (SSSR count). The normalized spacial score (nSPS) is 29.7. The average molecular weight is 2010 g/mol. The fraction of sp³-hybridized carbons (Fsp3) is 0.422. The maximum Gasteiger partial charge on any atom is 0.417 e. The zero-order valence-corrected chi connectivity index (χ0v) is 86.8. The minimum Gasteiger partial charge on any atom is -0.496 e. The van der Waals surface area contributed by atoms with Crippen LogP contribution in [0.15, 0.2) is 218 Å². The Morgan fingerprint density at radius 2 is 0.645 bits per heavy atom. The van der Waals surface area contributed by atoms with Crippen LogP contribution in [0.5, 0.6) is 5.75 Å². The van der Waals surface area contributed by atoms with E-state index in [-0.39, 0.29) is 116 Å². The van der Waals surface area contributed by atoms with Gasteiger partial charge in [0.1, 0.15) is 11.4 Å². The van der Waals surface area contributed by atoms with Crippen LogP contribution < -0.4 is 26.0 Å². The summed E-state index contributed by atoms with van der Waals surface area (Å²) in [7, 11) is 1.74. The number of hydrogen-bond acceptors (Lipinski definition) is 9. The number of halogens is 8. The SMILES string of the molecule is CC12CCC(c3ccccc3Cl)C(c3ccc(Cl)cc3)C1CNC2=O.COc1cc(C)ccc1C1CCC2(C)C(=O)NCC2C1c1ccc(Cl)cc1.Cc1ccc(C2CCC3(C)C(=O)N(C(=O)OC(C)(C)C)CC3C2c2ccc(Cl)cc2)c(C#N)c1.Cc1ccc(C2CCC3(C)C(=O)NCC3C2c2ccc(Cl)cc2)c(Cl)c1.Cc1ccc(C2CCC3(C)C(=O)NCC3C2c2ccc(Cl)cc2)c(Cl)c1. The molecule has 5 saturated heterocycles. The van der Waals surface area contributed by atoms with Crippen molar-refractivity contribution in [3.63, 3.8) is 0 Å². The van der Waals surface area contributed by atoms with Gasteiger partial charge in [0.15, 0.2) is 0 Å². The van der Waals surface area contributed by atoms with Crippen LogP contribution in [0.2, 0.25) is 40.2 Å². The molecule has 4 N–H and O–H groups in total. The lowest BCUT2D eigenvalue weighted by Gasteiger charge is -2.45. The number of rotatable bonds is 11. The van der Waals surface area contributed by atoms with Crippen molar-refractivity contribution in [1.29, 1.82) is 5.26 Å². The van der Waals surface area contributed by atoms with Crippen molar-refractivity contribution in [1.82, 2.24) is 26.2 Å². The van der Waals surface area contributed by atoms with E-state index < -0.39 is 17.1 Å². The average Bonchev–Trinajstić information content (AvgIpc) is 1.59. The first-order chi connectivity index (χ1) is 65.7. The van der Waals surface area contributed by atoms with Gasteiger partial charge < -0.3 is 30.7 Å². The van der Waals surface area contributed by atoms with Crippen molar-refractivity contribution in [3.8, 4) is 11.8 Å². The molecule has 22 heteroatoms. The van der Waals surface area contributed by atoms with Crippen LogP contribution in [0.25, 0.3) is 0 Å². The molecule has 10 fully saturated rings. The fourth-order valence-electron chi connectivity index (χ4n) is 25.6. The summed E-state index contributed by atoms with van der Waals surface area (Å²) in [6, 6.07) is 75.8. The van der Waals surface area contributed by atoms with E-state index in [4.69, 9.17) is 102 Å². The highest BCUT2D eigenvalue weighted by Crippen LogP contribution is 2.64. The third-order valence-electron chi connectivity index (χ3n) is 33.2. The fourth-order valence-corrected chi connectivity index (χ4v) is 27.3. The number of aryl methyl sites for hydroxylation is 4. The van der Waals surface area contributed by atoms with Gasteiger partial charge in [-0.15, -0.1) is 0 Å². The summed E-state index contributed by atoms with van der Waals surface area (Å²) in [6.45, 7) is 27.2. The second-order valence-corrected chi connectivity index (χ2v) is 45.9. The van der Waals surface area contributed by atoms with Gasteiger partial charge >= 0.3 is 6.09 Å². The van der Waals surface area contributed by atoms with Crippen molar-refractivity contribution >= 4 is 128 Å². The van der Waals surface area contributed by atoms with Gasteiger partial charge in [-0.1, -0.05) is 255 Å². The van der Waals surface area contributed by atoms with Crippen molar-refractivity contribution in [2.24, 2.45) is 56.7 Å². The number of benzene rings is 10. The quantitative estimate of drug-likeness (QED) is 0.0974. The van der Waals surface area contributed by atoms with E-state index in [1.807, 2.05) is 135 Å². The zero-order valence-electron chi connectivity index (χ0n) is 80.7. The second kappa shape index (κ2) is 41.3. The van der Waals surface area contributed by atoms with Gasteiger partial charge in [-0.05, 0) is 370 Å². The molecule has 5 aliphatic heterocycles. The van der Waals surface area contributed by atoms with Gasteiger partial charge in [-0.2, -0.15) is 5.26 Å². The van der Waals surface area contributed by atoms with Gasteiger partial charge in [0.2, 0.25) is 29.5 Å². The number of hydrogen-bond donors (Lipinski definition) is 4. The van der Waals surface area contributed by atoms with Crippen LogP contribution in [-0.2, 0) is 28.7 Å². The Hall–Kier alpha value is -9.37. The van der Waals surface area contributed by atoms with Crippen molar-refractivity contribution in [3.05, 3.63) is 342 Å². The van der Waals surface area contributed by atoms with Crippen LogP contribution in [0.4, 0.5) is 4.79 Å². The molecule has 6 amide bonds. The van der Waals surface area contributed by atoms with E-state index in [2.05, 4.69) is 173 Å². The molecule has 10 aliphatic rings. The van der Waals surface area contributed by atoms with Gasteiger partial charge in [0.05, 0.1) is 45.8 Å². The molecular formula is C116H124Cl8N6O8. The number of carbonyl (C=O) groups excluding carboxylic acids is 6. The highest BCUT2D eigenvalue weighted by Gasteiger charge is 2.62. The Morgan fingerprint density at radius 1 is 0.362 bits per heavy atom. The lowest BCUT2D eigenvalue weighted by atomic mass is 9.57. The third-order valence-corrected chi connectivity index (χ3v) is 35.5. The number of nitriles is 1. The lowest BCUT2D eigenvalue weighted by Crippen LogP contribution is -2.42. The number of carbonyl (C=O) groups is 6. The summed E-state index contributed by atoms with van der Waals surface area (Å²) in [5, 5.41) is 28.4. The molecule has 5 heterocycles. The van der Waals surface area contributed by atoms with Crippen molar-refractivity contribution < 1.29 is 38.2 Å². The number of imide groups is 1. The summed E-state index contributed by atoms with van der Waals surface area (Å²) in [6.07, 6.45) is 8.20. The summed E-state index contributed by atoms with van der Waals surface area (Å²) in [4.78, 5) is 78.1. The van der Waals surface area contributed by atoms with Gasteiger partial charge in [0.25, 0.3) is 0 Å². The number of fused-ring (bicyclic) bond motifs is 5. The monoisotopic (exact) mass is 2010 g/mol. The van der Waals surface area contributed by atoms with Crippen LogP contribution in [0.3, 0.4) is 0 Å². The molecule has 5 aliphatic carbocycles. The van der Waals surface area contributed by atoms with Crippen molar-refractivity contribution in [2.45, 2.75) is 212 Å². The Kier molecular flexibility index (Phi) is 30.4. The second-order valence-electron chi connectivity index (χ2n) is 42.5. The highest BCUT2D eigenvalue weighted by molar-refractivity contribution is 6.33. The summed E-state index contributed by atoms with van der Waals surface area (Å²) in [5.74, 6) is 4.64. The number of amides is 6. The molecule has 10 aromatic carbocycles. The largest absolute Gasteiger partial charge is 0.496 e. The van der Waals surface area contributed by atoms with Crippen LogP contribution >= 0.6 is 92.8 Å². The number of ether oxygens (including phenoxy) is 2. The highest BCUT2D eigenvalue weighted by atomic mass is 35.5. The van der Waals surface area contributed by atoms with Crippen LogP contribution in [0.1, 0.15) is 262 Å². The first-order valence-electron chi connectivity index (χ1n) is 48.6. The van der Waals surface area contributed by atoms with E-state index in [9.17, 15) is 34.0 Å². The summed E-state index contributed by atoms with van der Waals surface area (Å²) < 4.78 is 11.3. The predicted molar refractivity (Wildman–Crippen MR) is 556 cm³/mol. The van der Waals surface area contributed by atoms with Gasteiger partial charge in [0, 0.05) is 72.9 Å². The Labute approximate surface area is 853 Å². The Morgan fingerprint density at radius 3 is 0.964 bits per heavy atom. The van der Waals surface area contributed by atoms with E-state index in [1.54, 1.807) is 27.9 Å². The van der Waals surface area contributed by atoms with Crippen LogP contribution in [-0.4, -0.2) is 86.0 Å². The summed E-state index contributed by atoms with van der Waals surface area (Å²) >= 11 is 50.5. The predicted octanol–water partition coefficient (Wildman–Crippen LogP) is 28.5. The molecule has 20 atom stereocenters. The molecule has 14 nitrogen and oxygen atoms in total. The number of nitrogens with one attached hydrogen (secondary N) is 4. The maximum atomic E-state index is 13.6. The number of likely N-dealkylation sites (tertiary alicyclic amines) is 1. The molecule has 0 bridgehead atoms. The standard InChI is InChI=1S/C28H31ClN2O3.C23H26ClNO2.2C22H23Cl2NO.C21H21Cl2NO/c1-17-6-11-21(19(14-17)15-30)22-12-13-28(5)23(24(22)18-7-9-20(29)10-8-18)16-31(25(28)32)26(33)34-27(2,3)4;1-14-4-9-17(20(12-14)27-3)18-10-11-23(2)19(13-25-22(23)26)21(18)15-5-7-16(24)8-6-15;2*1-13-3-8-16(19(24)11-13)17-9-10-22(2)18(12-25-21(22)26)20(17)14-4-6-15(23)7-5-14;1-21-11-10-16(15-4-2-3-5-18(15)23)19(17(21)12-24-20(21)25)13-6-8-14(22)9-7-13/h6-11,14,22-24H,12-13,16H2,1-5H3;4-9,12,18-19,21H,10-11,13H2,1-3H3,(H,25,26);2*3-8,11,17-18,20H,9-10,12H2,1-2H3,(H,25,26);2-9,16-17,19H,10-12H2,1H3,(H,24,25). The molecule has 138 heavy (non-hydrogen) atoms. The topological polar surface area (TPSA) is 196 Å². The molecule has 5 saturated carbocycles. The van der Waals surface area contributed by atoms with Gasteiger partial charge in [-0.25, -0.2) is 9.69 Å². The summed E-state index contributed by atoms with van der Waals surface area (Å²) in [5.41, 5.74) is 14.5. The van der Waals surface area contributed by atoms with Crippen LogP contribution in [0, 0.1) is 95.7 Å². The molecule has 0 aromatic heterocycles. The first-order valence-corrected chi connectivity index (χ1v) is 51.6. The zero-order chi connectivity index (χ0) is 98.6. The Balaban J connectivity index is 0.000000125. The smallest absolute Gasteiger partial charge is 0.417 e. The molecule has 0 spiro atoms. The van der Waals surface area contributed by atoms with E-state index in [0.29, 0.717) is 47.2 Å². The van der Waals surface area contributed by atoms with Gasteiger partial charge in [-0.3, -0.25) is 24.0 Å².